The van der Waals surface area contributed by atoms with Crippen molar-refractivity contribution < 1.29 is 0 Å². The molecule has 3 heteroatoms. The maximum atomic E-state index is 5.85. The van der Waals surface area contributed by atoms with Crippen LogP contribution < -0.4 is 5.73 Å². The molecule has 3 nitrogen and oxygen atoms in total. The Labute approximate surface area is 129 Å². The largest absolute Gasteiger partial charge is 0.399 e. The van der Waals surface area contributed by atoms with E-state index in [2.05, 4.69) is 28.0 Å². The van der Waals surface area contributed by atoms with Gasteiger partial charge in [0.25, 0.3) is 0 Å². The normalized spacial score (nSPS) is 21.9. The fourth-order valence-electron chi connectivity index (χ4n) is 3.76. The summed E-state index contributed by atoms with van der Waals surface area (Å²) >= 11 is 0. The molecule has 0 aromatic heterocycles. The first-order chi connectivity index (χ1) is 10.3. The SMILES string of the molecule is Nc1cccc(CCN2CCC(CN3CCCC3)CC2)c1. The molecular formula is C18H29N3. The Morgan fingerprint density at radius 1 is 1.00 bits per heavy atom. The lowest BCUT2D eigenvalue weighted by molar-refractivity contribution is 0.155. The number of hydrogen-bond donors (Lipinski definition) is 1. The van der Waals surface area contributed by atoms with Gasteiger partial charge < -0.3 is 15.5 Å². The van der Waals surface area contributed by atoms with Crippen molar-refractivity contribution in [3.63, 3.8) is 0 Å². The molecule has 0 saturated carbocycles. The lowest BCUT2D eigenvalue weighted by Gasteiger charge is -2.33. The second kappa shape index (κ2) is 7.28. The van der Waals surface area contributed by atoms with E-state index in [1.54, 1.807) is 0 Å². The topological polar surface area (TPSA) is 32.5 Å². The highest BCUT2D eigenvalue weighted by Gasteiger charge is 2.22. The fraction of sp³-hybridized carbons (Fsp3) is 0.667. The number of benzene rings is 1. The summed E-state index contributed by atoms with van der Waals surface area (Å²) in [6.45, 7) is 7.77. The molecule has 2 N–H and O–H groups in total. The van der Waals surface area contributed by atoms with Gasteiger partial charge >= 0.3 is 0 Å². The van der Waals surface area contributed by atoms with Gasteiger partial charge in [-0.1, -0.05) is 12.1 Å². The Kier molecular flexibility index (Phi) is 5.15. The van der Waals surface area contributed by atoms with Crippen LogP contribution in [0.2, 0.25) is 0 Å². The van der Waals surface area contributed by atoms with Crippen LogP contribution in [-0.4, -0.2) is 49.1 Å². The summed E-state index contributed by atoms with van der Waals surface area (Å²) < 4.78 is 0. The maximum absolute atomic E-state index is 5.85. The van der Waals surface area contributed by atoms with E-state index in [-0.39, 0.29) is 0 Å². The highest BCUT2D eigenvalue weighted by molar-refractivity contribution is 5.40. The van der Waals surface area contributed by atoms with E-state index in [0.717, 1.165) is 18.0 Å². The minimum Gasteiger partial charge on any atom is -0.399 e. The van der Waals surface area contributed by atoms with Crippen LogP contribution in [0.1, 0.15) is 31.2 Å². The molecule has 2 aliphatic heterocycles. The molecule has 2 fully saturated rings. The number of anilines is 1. The summed E-state index contributed by atoms with van der Waals surface area (Å²) in [5, 5.41) is 0. The van der Waals surface area contributed by atoms with Gasteiger partial charge in [0.2, 0.25) is 0 Å². The van der Waals surface area contributed by atoms with Crippen molar-refractivity contribution in [2.75, 3.05) is 45.0 Å². The van der Waals surface area contributed by atoms with Gasteiger partial charge in [0.15, 0.2) is 0 Å². The Morgan fingerprint density at radius 3 is 2.48 bits per heavy atom. The van der Waals surface area contributed by atoms with E-state index < -0.39 is 0 Å². The molecule has 0 amide bonds. The van der Waals surface area contributed by atoms with Crippen LogP contribution in [0.15, 0.2) is 24.3 Å². The van der Waals surface area contributed by atoms with E-state index in [9.17, 15) is 0 Å². The van der Waals surface area contributed by atoms with E-state index in [4.69, 9.17) is 5.73 Å². The minimum absolute atomic E-state index is 0.886. The molecule has 2 heterocycles. The van der Waals surface area contributed by atoms with Gasteiger partial charge in [-0.2, -0.15) is 0 Å². The van der Waals surface area contributed by atoms with Crippen LogP contribution in [0.5, 0.6) is 0 Å². The Morgan fingerprint density at radius 2 is 1.76 bits per heavy atom. The second-order valence-electron chi connectivity index (χ2n) is 6.79. The summed E-state index contributed by atoms with van der Waals surface area (Å²) in [4.78, 5) is 5.30. The van der Waals surface area contributed by atoms with Crippen molar-refractivity contribution in [2.24, 2.45) is 5.92 Å². The third-order valence-corrected chi connectivity index (χ3v) is 5.09. The average Bonchev–Trinajstić information content (AvgIpc) is 3.00. The first kappa shape index (κ1) is 14.9. The predicted molar refractivity (Wildman–Crippen MR) is 89.4 cm³/mol. The van der Waals surface area contributed by atoms with Crippen molar-refractivity contribution >= 4 is 5.69 Å². The first-order valence-corrected chi connectivity index (χ1v) is 8.59. The zero-order chi connectivity index (χ0) is 14.5. The highest BCUT2D eigenvalue weighted by atomic mass is 15.2. The van der Waals surface area contributed by atoms with Crippen molar-refractivity contribution in [3.05, 3.63) is 29.8 Å². The molecule has 1 aromatic rings. The molecular weight excluding hydrogens is 258 g/mol. The molecule has 116 valence electrons. The number of nitrogens with two attached hydrogens (primary N) is 1. The molecule has 0 radical (unpaired) electrons. The van der Waals surface area contributed by atoms with Crippen LogP contribution in [0.3, 0.4) is 0 Å². The molecule has 1 aromatic carbocycles. The number of piperidine rings is 1. The van der Waals surface area contributed by atoms with Crippen LogP contribution >= 0.6 is 0 Å². The van der Waals surface area contributed by atoms with E-state index >= 15 is 0 Å². The van der Waals surface area contributed by atoms with Gasteiger partial charge in [0.1, 0.15) is 0 Å². The molecule has 21 heavy (non-hydrogen) atoms. The van der Waals surface area contributed by atoms with Gasteiger partial charge in [0.05, 0.1) is 0 Å². The van der Waals surface area contributed by atoms with Gasteiger partial charge in [-0.05, 0) is 81.9 Å². The Hall–Kier alpha value is -1.06. The standard InChI is InChI=1S/C18H29N3/c19-18-5-3-4-16(14-18)6-11-20-12-7-17(8-13-20)15-21-9-1-2-10-21/h3-5,14,17H,1-2,6-13,15,19H2. The van der Waals surface area contributed by atoms with Gasteiger partial charge in [-0.3, -0.25) is 0 Å². The van der Waals surface area contributed by atoms with Gasteiger partial charge in [-0.25, -0.2) is 0 Å². The highest BCUT2D eigenvalue weighted by Crippen LogP contribution is 2.21. The third kappa shape index (κ3) is 4.45. The van der Waals surface area contributed by atoms with E-state index in [0.29, 0.717) is 0 Å². The smallest absolute Gasteiger partial charge is 0.0316 e. The molecule has 0 aliphatic carbocycles. The average molecular weight is 287 g/mol. The number of nitrogens with zero attached hydrogens (tertiary/aromatic N) is 2. The third-order valence-electron chi connectivity index (χ3n) is 5.09. The Balaban J connectivity index is 1.37. The number of rotatable bonds is 5. The summed E-state index contributed by atoms with van der Waals surface area (Å²) in [5.74, 6) is 0.937. The zero-order valence-electron chi connectivity index (χ0n) is 13.1. The van der Waals surface area contributed by atoms with Crippen LogP contribution in [0.4, 0.5) is 5.69 Å². The number of nitrogen functional groups attached to an aromatic ring is 1. The Bertz CT molecular complexity index is 432. The zero-order valence-corrected chi connectivity index (χ0v) is 13.1. The van der Waals surface area contributed by atoms with Crippen molar-refractivity contribution in [1.29, 1.82) is 0 Å². The van der Waals surface area contributed by atoms with Gasteiger partial charge in [0, 0.05) is 18.8 Å². The van der Waals surface area contributed by atoms with Crippen LogP contribution in [0, 0.1) is 5.92 Å². The molecule has 0 atom stereocenters. The lowest BCUT2D eigenvalue weighted by Crippen LogP contribution is -2.38. The molecule has 0 bridgehead atoms. The van der Waals surface area contributed by atoms with Crippen LogP contribution in [-0.2, 0) is 6.42 Å². The monoisotopic (exact) mass is 287 g/mol. The first-order valence-electron chi connectivity index (χ1n) is 8.59. The van der Waals surface area contributed by atoms with Gasteiger partial charge in [-0.15, -0.1) is 0 Å². The molecule has 0 unspecified atom stereocenters. The minimum atomic E-state index is 0.886. The lowest BCUT2D eigenvalue weighted by atomic mass is 9.96. The quantitative estimate of drug-likeness (QED) is 0.845. The molecule has 3 rings (SSSR count). The fourth-order valence-corrected chi connectivity index (χ4v) is 3.76. The maximum Gasteiger partial charge on any atom is 0.0316 e. The second-order valence-corrected chi connectivity index (χ2v) is 6.79. The molecule has 2 saturated heterocycles. The molecule has 2 aliphatic rings. The molecule has 0 spiro atoms. The summed E-state index contributed by atoms with van der Waals surface area (Å²) in [6, 6.07) is 8.33. The van der Waals surface area contributed by atoms with Crippen molar-refractivity contribution in [2.45, 2.75) is 32.1 Å². The summed E-state index contributed by atoms with van der Waals surface area (Å²) in [5.41, 5.74) is 8.10. The van der Waals surface area contributed by atoms with E-state index in [1.165, 1.54) is 70.5 Å². The summed E-state index contributed by atoms with van der Waals surface area (Å²) in [7, 11) is 0. The van der Waals surface area contributed by atoms with Crippen molar-refractivity contribution in [3.8, 4) is 0 Å². The predicted octanol–water partition coefficient (Wildman–Crippen LogP) is 2.62. The van der Waals surface area contributed by atoms with Crippen LogP contribution in [0.25, 0.3) is 0 Å². The van der Waals surface area contributed by atoms with Crippen molar-refractivity contribution in [1.82, 2.24) is 9.80 Å². The van der Waals surface area contributed by atoms with E-state index in [1.807, 2.05) is 6.07 Å². The summed E-state index contributed by atoms with van der Waals surface area (Å²) in [6.07, 6.45) is 6.72. The number of hydrogen-bond acceptors (Lipinski definition) is 3. The number of likely N-dealkylation sites (tertiary alicyclic amines) is 2.